The van der Waals surface area contributed by atoms with Gasteiger partial charge < -0.3 is 15.8 Å². The van der Waals surface area contributed by atoms with Crippen LogP contribution in [0.25, 0.3) is 0 Å². The van der Waals surface area contributed by atoms with Gasteiger partial charge in [0.05, 0.1) is 29.1 Å². The number of ether oxygens (including phenoxy) is 1. The van der Waals surface area contributed by atoms with Gasteiger partial charge in [-0.15, -0.1) is 0 Å². The van der Waals surface area contributed by atoms with E-state index in [2.05, 4.69) is 5.32 Å². The second-order valence-corrected chi connectivity index (χ2v) is 11.0. The molecule has 0 aromatic heterocycles. The molecule has 3 N–H and O–H groups in total. The van der Waals surface area contributed by atoms with Gasteiger partial charge in [0.25, 0.3) is 15.9 Å². The summed E-state index contributed by atoms with van der Waals surface area (Å²) in [5.41, 5.74) is 11.4. The fourth-order valence-electron chi connectivity index (χ4n) is 4.72. The van der Waals surface area contributed by atoms with E-state index < -0.39 is 10.0 Å². The molecular formula is C30H29N3O4S. The van der Waals surface area contributed by atoms with Crippen molar-refractivity contribution in [1.29, 1.82) is 0 Å². The molecule has 0 saturated carbocycles. The summed E-state index contributed by atoms with van der Waals surface area (Å²) in [5.74, 6) is 0.383. The largest absolute Gasteiger partial charge is 0.497 e. The van der Waals surface area contributed by atoms with Gasteiger partial charge in [0.1, 0.15) is 5.75 Å². The first-order chi connectivity index (χ1) is 18.4. The van der Waals surface area contributed by atoms with Crippen LogP contribution in [0.2, 0.25) is 0 Å². The predicted molar refractivity (Wildman–Crippen MR) is 150 cm³/mol. The number of rotatable bonds is 8. The molecule has 0 radical (unpaired) electrons. The minimum absolute atomic E-state index is 0.227. The number of nitrogens with one attached hydrogen (secondary N) is 1. The summed E-state index contributed by atoms with van der Waals surface area (Å²) < 4.78 is 33.7. The number of carbonyl (C=O) groups is 1. The number of methoxy groups -OCH3 is 1. The van der Waals surface area contributed by atoms with Crippen LogP contribution in [0.5, 0.6) is 5.75 Å². The van der Waals surface area contributed by atoms with Crippen LogP contribution in [0.3, 0.4) is 0 Å². The van der Waals surface area contributed by atoms with Crippen molar-refractivity contribution < 1.29 is 17.9 Å². The lowest BCUT2D eigenvalue weighted by Gasteiger charge is -2.22. The lowest BCUT2D eigenvalue weighted by molar-refractivity contribution is 0.102. The third kappa shape index (κ3) is 5.08. The zero-order valence-corrected chi connectivity index (χ0v) is 21.9. The summed E-state index contributed by atoms with van der Waals surface area (Å²) in [6.45, 7) is 0.413. The molecule has 0 spiro atoms. The zero-order chi connectivity index (χ0) is 26.7. The number of anilines is 3. The van der Waals surface area contributed by atoms with Crippen LogP contribution in [0.15, 0.2) is 95.9 Å². The molecule has 4 aromatic rings. The van der Waals surface area contributed by atoms with Gasteiger partial charge in [-0.3, -0.25) is 9.10 Å². The Hall–Kier alpha value is -4.30. The first kappa shape index (κ1) is 25.4. The molecule has 0 fully saturated rings. The molecule has 38 heavy (non-hydrogen) atoms. The fraction of sp³-hybridized carbons (Fsp3) is 0.167. The SMILES string of the molecule is COc1ccc(S(=O)(=O)N2CCc3cccc(CCc4ccc(C(=O)Nc5ccccc5N)cc4)c32)cc1. The molecule has 1 aliphatic heterocycles. The summed E-state index contributed by atoms with van der Waals surface area (Å²) in [4.78, 5) is 12.9. The van der Waals surface area contributed by atoms with E-state index in [4.69, 9.17) is 10.5 Å². The maximum Gasteiger partial charge on any atom is 0.264 e. The second kappa shape index (κ2) is 10.6. The third-order valence-electron chi connectivity index (χ3n) is 6.79. The van der Waals surface area contributed by atoms with Crippen molar-refractivity contribution >= 4 is 33.0 Å². The van der Waals surface area contributed by atoms with Crippen LogP contribution in [-0.2, 0) is 29.3 Å². The normalized spacial score (nSPS) is 12.7. The number of para-hydroxylation sites is 3. The molecule has 0 unspecified atom stereocenters. The molecule has 1 heterocycles. The molecule has 1 amide bonds. The van der Waals surface area contributed by atoms with Gasteiger partial charge in [-0.1, -0.05) is 42.5 Å². The Labute approximate surface area is 222 Å². The van der Waals surface area contributed by atoms with Gasteiger partial charge in [-0.05, 0) is 84.5 Å². The highest BCUT2D eigenvalue weighted by molar-refractivity contribution is 7.92. The smallest absolute Gasteiger partial charge is 0.264 e. The van der Waals surface area contributed by atoms with Crippen LogP contribution in [0, 0.1) is 0 Å². The highest BCUT2D eigenvalue weighted by atomic mass is 32.2. The van der Waals surface area contributed by atoms with Gasteiger partial charge in [-0.2, -0.15) is 0 Å². The molecule has 7 nitrogen and oxygen atoms in total. The minimum Gasteiger partial charge on any atom is -0.497 e. The van der Waals surface area contributed by atoms with Gasteiger partial charge in [0, 0.05) is 12.1 Å². The Morgan fingerprint density at radius 1 is 0.921 bits per heavy atom. The Morgan fingerprint density at radius 2 is 1.66 bits per heavy atom. The molecule has 194 valence electrons. The summed E-state index contributed by atoms with van der Waals surface area (Å²) >= 11 is 0. The number of sulfonamides is 1. The number of benzene rings is 4. The average molecular weight is 528 g/mol. The number of hydrogen-bond acceptors (Lipinski definition) is 5. The number of nitrogens with two attached hydrogens (primary N) is 1. The van der Waals surface area contributed by atoms with E-state index in [1.807, 2.05) is 42.5 Å². The van der Waals surface area contributed by atoms with Crippen LogP contribution in [0.4, 0.5) is 17.1 Å². The van der Waals surface area contributed by atoms with Crippen LogP contribution < -0.4 is 20.1 Å². The highest BCUT2D eigenvalue weighted by Crippen LogP contribution is 2.37. The summed E-state index contributed by atoms with van der Waals surface area (Å²) in [6.07, 6.45) is 2.05. The second-order valence-electron chi connectivity index (χ2n) is 9.17. The van der Waals surface area contributed by atoms with Crippen molar-refractivity contribution in [1.82, 2.24) is 0 Å². The summed E-state index contributed by atoms with van der Waals surface area (Å²) in [7, 11) is -2.15. The minimum atomic E-state index is -3.70. The molecule has 1 aliphatic rings. The Bertz CT molecular complexity index is 1570. The van der Waals surface area contributed by atoms with E-state index in [1.54, 1.807) is 55.6 Å². The van der Waals surface area contributed by atoms with Crippen molar-refractivity contribution in [2.75, 3.05) is 29.0 Å². The molecule has 0 atom stereocenters. The Balaban J connectivity index is 1.31. The number of amides is 1. The maximum absolute atomic E-state index is 13.5. The average Bonchev–Trinajstić information content (AvgIpc) is 3.39. The fourth-order valence-corrected chi connectivity index (χ4v) is 6.27. The number of nitrogens with zero attached hydrogens (tertiary/aromatic N) is 1. The quantitative estimate of drug-likeness (QED) is 0.312. The van der Waals surface area contributed by atoms with Crippen molar-refractivity contribution in [2.24, 2.45) is 0 Å². The first-order valence-corrected chi connectivity index (χ1v) is 13.8. The van der Waals surface area contributed by atoms with E-state index >= 15 is 0 Å². The van der Waals surface area contributed by atoms with E-state index in [1.165, 1.54) is 4.31 Å². The van der Waals surface area contributed by atoms with Crippen LogP contribution in [0.1, 0.15) is 27.0 Å². The van der Waals surface area contributed by atoms with Crippen molar-refractivity contribution in [3.63, 3.8) is 0 Å². The number of hydrogen-bond donors (Lipinski definition) is 2. The van der Waals surface area contributed by atoms with Crippen LogP contribution >= 0.6 is 0 Å². The standard InChI is InChI=1S/C30H29N3O4S/c1-37-25-15-17-26(18-16-25)38(35,36)33-20-19-23-6-4-5-22(29(23)33)12-9-21-10-13-24(14-11-21)30(34)32-28-8-3-2-7-27(28)31/h2-8,10-11,13-18H,9,12,19-20,31H2,1H3,(H,32,34). The highest BCUT2D eigenvalue weighted by Gasteiger charge is 2.32. The molecular weight excluding hydrogens is 498 g/mol. The number of carbonyl (C=O) groups excluding carboxylic acids is 1. The number of nitrogen functional groups attached to an aromatic ring is 1. The third-order valence-corrected chi connectivity index (χ3v) is 8.61. The van der Waals surface area contributed by atoms with Crippen LogP contribution in [-0.4, -0.2) is 28.0 Å². The zero-order valence-electron chi connectivity index (χ0n) is 21.1. The lowest BCUT2D eigenvalue weighted by Crippen LogP contribution is -2.29. The summed E-state index contributed by atoms with van der Waals surface area (Å²) in [5, 5.41) is 2.84. The van der Waals surface area contributed by atoms with E-state index in [0.717, 1.165) is 22.4 Å². The van der Waals surface area contributed by atoms with Crippen molar-refractivity contribution in [3.05, 3.63) is 113 Å². The maximum atomic E-state index is 13.5. The van der Waals surface area contributed by atoms with E-state index in [-0.39, 0.29) is 10.8 Å². The lowest BCUT2D eigenvalue weighted by atomic mass is 10.00. The van der Waals surface area contributed by atoms with Crippen molar-refractivity contribution in [3.8, 4) is 5.75 Å². The molecule has 8 heteroatoms. The number of aryl methyl sites for hydroxylation is 2. The van der Waals surface area contributed by atoms with Gasteiger partial charge in [-0.25, -0.2) is 8.42 Å². The molecule has 4 aromatic carbocycles. The number of fused-ring (bicyclic) bond motifs is 1. The topological polar surface area (TPSA) is 102 Å². The van der Waals surface area contributed by atoms with Crippen molar-refractivity contribution in [2.45, 2.75) is 24.2 Å². The predicted octanol–water partition coefficient (Wildman–Crippen LogP) is 5.07. The Morgan fingerprint density at radius 3 is 2.37 bits per heavy atom. The van der Waals surface area contributed by atoms with Gasteiger partial charge in [0.15, 0.2) is 0 Å². The Kier molecular flexibility index (Phi) is 7.07. The van der Waals surface area contributed by atoms with E-state index in [9.17, 15) is 13.2 Å². The molecule has 0 bridgehead atoms. The molecule has 5 rings (SSSR count). The molecule has 0 aliphatic carbocycles. The van der Waals surface area contributed by atoms with Gasteiger partial charge in [0.2, 0.25) is 0 Å². The van der Waals surface area contributed by atoms with Gasteiger partial charge >= 0.3 is 0 Å². The molecule has 0 saturated heterocycles. The monoisotopic (exact) mass is 527 g/mol. The first-order valence-electron chi connectivity index (χ1n) is 12.4. The summed E-state index contributed by atoms with van der Waals surface area (Å²) in [6, 6.07) is 27.0. The van der Waals surface area contributed by atoms with E-state index in [0.29, 0.717) is 48.5 Å².